The highest BCUT2D eigenvalue weighted by molar-refractivity contribution is 7.92. The number of sulfonamides is 1. The van der Waals surface area contributed by atoms with E-state index in [1.165, 1.54) is 30.5 Å². The lowest BCUT2D eigenvalue weighted by molar-refractivity contribution is 0.102. The van der Waals surface area contributed by atoms with Gasteiger partial charge in [0.1, 0.15) is 5.82 Å². The summed E-state index contributed by atoms with van der Waals surface area (Å²) in [6, 6.07) is 11.7. The molecule has 3 rings (SSSR count). The maximum absolute atomic E-state index is 13.3. The number of pyridine rings is 1. The molecule has 0 aliphatic rings. The van der Waals surface area contributed by atoms with Crippen LogP contribution in [0.5, 0.6) is 0 Å². The van der Waals surface area contributed by atoms with Gasteiger partial charge < -0.3 is 10.2 Å². The molecule has 0 bridgehead atoms. The number of hydrogen-bond donors (Lipinski definition) is 2. The van der Waals surface area contributed by atoms with Crippen molar-refractivity contribution in [1.29, 1.82) is 0 Å². The van der Waals surface area contributed by atoms with Crippen molar-refractivity contribution in [3.05, 3.63) is 78.0 Å². The van der Waals surface area contributed by atoms with E-state index in [1.54, 1.807) is 12.1 Å². The van der Waals surface area contributed by atoms with Crippen molar-refractivity contribution < 1.29 is 22.0 Å². The predicted molar refractivity (Wildman–Crippen MR) is 119 cm³/mol. The third-order valence-electron chi connectivity index (χ3n) is 4.69. The van der Waals surface area contributed by atoms with Gasteiger partial charge in [-0.25, -0.2) is 22.2 Å². The summed E-state index contributed by atoms with van der Waals surface area (Å²) in [5, 5.41) is 2.71. The first-order chi connectivity index (χ1) is 15.2. The van der Waals surface area contributed by atoms with Crippen molar-refractivity contribution in [2.24, 2.45) is 0 Å². The molecule has 1 amide bonds. The van der Waals surface area contributed by atoms with E-state index in [0.717, 1.165) is 31.0 Å². The van der Waals surface area contributed by atoms with E-state index >= 15 is 0 Å². The summed E-state index contributed by atoms with van der Waals surface area (Å²) in [7, 11) is -4.10. The lowest BCUT2D eigenvalue weighted by Crippen LogP contribution is -2.23. The second-order valence-electron chi connectivity index (χ2n) is 6.79. The average molecular weight is 461 g/mol. The zero-order valence-corrected chi connectivity index (χ0v) is 18.3. The van der Waals surface area contributed by atoms with E-state index in [2.05, 4.69) is 19.9 Å². The van der Waals surface area contributed by atoms with Crippen molar-refractivity contribution >= 4 is 33.1 Å². The fraction of sp³-hybridized carbons (Fsp3) is 0.182. The van der Waals surface area contributed by atoms with Crippen molar-refractivity contribution in [3.8, 4) is 0 Å². The van der Waals surface area contributed by atoms with Gasteiger partial charge >= 0.3 is 0 Å². The largest absolute Gasteiger partial charge is 0.357 e. The molecule has 32 heavy (non-hydrogen) atoms. The van der Waals surface area contributed by atoms with Crippen LogP contribution in [-0.4, -0.2) is 32.4 Å². The Bertz CT molecular complexity index is 1200. The normalized spacial score (nSPS) is 11.1. The number of benzene rings is 2. The topological polar surface area (TPSA) is 91.4 Å². The minimum absolute atomic E-state index is 0.193. The summed E-state index contributed by atoms with van der Waals surface area (Å²) in [5.74, 6) is -1.98. The Balaban J connectivity index is 1.66. The van der Waals surface area contributed by atoms with E-state index in [1.807, 2.05) is 13.8 Å². The zero-order valence-electron chi connectivity index (χ0n) is 17.5. The summed E-state index contributed by atoms with van der Waals surface area (Å²) >= 11 is 0. The van der Waals surface area contributed by atoms with Crippen LogP contribution in [0.2, 0.25) is 0 Å². The summed E-state index contributed by atoms with van der Waals surface area (Å²) in [4.78, 5) is 18.4. The number of anilines is 3. The first-order valence-corrected chi connectivity index (χ1v) is 11.3. The van der Waals surface area contributed by atoms with Gasteiger partial charge in [-0.15, -0.1) is 0 Å². The van der Waals surface area contributed by atoms with E-state index in [9.17, 15) is 22.0 Å². The Morgan fingerprint density at radius 1 is 0.938 bits per heavy atom. The number of nitrogens with zero attached hydrogens (tertiary/aromatic N) is 2. The molecule has 1 heterocycles. The van der Waals surface area contributed by atoms with E-state index in [0.29, 0.717) is 17.3 Å². The van der Waals surface area contributed by atoms with Crippen molar-refractivity contribution in [2.75, 3.05) is 28.0 Å². The minimum atomic E-state index is -4.10. The van der Waals surface area contributed by atoms with Crippen LogP contribution in [0.25, 0.3) is 0 Å². The molecule has 0 aliphatic carbocycles. The van der Waals surface area contributed by atoms with Gasteiger partial charge in [0.05, 0.1) is 10.5 Å². The Kier molecular flexibility index (Phi) is 7.04. The van der Waals surface area contributed by atoms with Crippen LogP contribution in [0.4, 0.5) is 26.0 Å². The summed E-state index contributed by atoms with van der Waals surface area (Å²) in [6.07, 6.45) is 1.49. The number of halogens is 2. The molecule has 0 saturated heterocycles. The molecule has 3 aromatic rings. The van der Waals surface area contributed by atoms with Gasteiger partial charge in [-0.3, -0.25) is 9.52 Å². The molecule has 7 nitrogen and oxygen atoms in total. The molecular weight excluding hydrogens is 438 g/mol. The second-order valence-corrected chi connectivity index (χ2v) is 8.47. The van der Waals surface area contributed by atoms with Crippen LogP contribution in [0, 0.1) is 11.6 Å². The molecule has 0 unspecified atom stereocenters. The van der Waals surface area contributed by atoms with Crippen LogP contribution in [0.1, 0.15) is 24.2 Å². The third-order valence-corrected chi connectivity index (χ3v) is 6.07. The van der Waals surface area contributed by atoms with Gasteiger partial charge in [0.15, 0.2) is 11.6 Å². The fourth-order valence-electron chi connectivity index (χ4n) is 2.94. The molecule has 2 aromatic carbocycles. The van der Waals surface area contributed by atoms with Crippen molar-refractivity contribution in [1.82, 2.24) is 4.98 Å². The number of rotatable bonds is 8. The molecule has 0 aliphatic heterocycles. The van der Waals surface area contributed by atoms with Gasteiger partial charge in [-0.2, -0.15) is 0 Å². The number of carbonyl (C=O) groups is 1. The number of carbonyl (C=O) groups excluding carboxylic acids is 1. The Labute approximate surface area is 185 Å². The Morgan fingerprint density at radius 2 is 1.59 bits per heavy atom. The number of nitrogens with one attached hydrogen (secondary N) is 2. The lowest BCUT2D eigenvalue weighted by Gasteiger charge is -2.19. The van der Waals surface area contributed by atoms with E-state index < -0.39 is 26.6 Å². The molecule has 0 spiro atoms. The SMILES string of the molecule is CCN(CC)c1ccc(C(=O)Nc2ccc(NS(=O)(=O)c3ccc(F)c(F)c3)cc2)cn1. The highest BCUT2D eigenvalue weighted by Crippen LogP contribution is 2.20. The first kappa shape index (κ1) is 23.1. The maximum Gasteiger partial charge on any atom is 0.261 e. The molecular formula is C22H22F2N4O3S. The smallest absolute Gasteiger partial charge is 0.261 e. The van der Waals surface area contributed by atoms with Crippen molar-refractivity contribution in [3.63, 3.8) is 0 Å². The summed E-state index contributed by atoms with van der Waals surface area (Å²) in [5.41, 5.74) is 1.01. The lowest BCUT2D eigenvalue weighted by atomic mass is 10.2. The molecule has 0 saturated carbocycles. The van der Waals surface area contributed by atoms with E-state index in [4.69, 9.17) is 0 Å². The molecule has 2 N–H and O–H groups in total. The van der Waals surface area contributed by atoms with Crippen LogP contribution < -0.4 is 14.9 Å². The van der Waals surface area contributed by atoms with Crippen LogP contribution in [0.3, 0.4) is 0 Å². The molecule has 0 atom stereocenters. The molecule has 0 radical (unpaired) electrons. The number of hydrogen-bond acceptors (Lipinski definition) is 5. The number of amides is 1. The standard InChI is InChI=1S/C22H22F2N4O3S/c1-3-28(4-2)21-12-5-15(14-25-21)22(29)26-16-6-8-17(9-7-16)27-32(30,31)18-10-11-19(23)20(24)13-18/h5-14,27H,3-4H2,1-2H3,(H,26,29). The predicted octanol–water partition coefficient (Wildman–Crippen LogP) is 4.26. The van der Waals surface area contributed by atoms with Gasteiger partial charge in [0.2, 0.25) is 0 Å². The monoisotopic (exact) mass is 460 g/mol. The van der Waals surface area contributed by atoms with Gasteiger partial charge in [-0.1, -0.05) is 0 Å². The highest BCUT2D eigenvalue weighted by atomic mass is 32.2. The molecule has 0 fully saturated rings. The van der Waals surface area contributed by atoms with Gasteiger partial charge in [0.25, 0.3) is 15.9 Å². The van der Waals surface area contributed by atoms with Crippen molar-refractivity contribution in [2.45, 2.75) is 18.7 Å². The quantitative estimate of drug-likeness (QED) is 0.524. The third kappa shape index (κ3) is 5.38. The highest BCUT2D eigenvalue weighted by Gasteiger charge is 2.17. The van der Waals surface area contributed by atoms with Crippen LogP contribution >= 0.6 is 0 Å². The number of aromatic nitrogens is 1. The van der Waals surface area contributed by atoms with Gasteiger partial charge in [-0.05, 0) is 68.4 Å². The summed E-state index contributed by atoms with van der Waals surface area (Å²) in [6.45, 7) is 5.66. The molecule has 10 heteroatoms. The Hall–Kier alpha value is -3.53. The maximum atomic E-state index is 13.3. The van der Waals surface area contributed by atoms with Gasteiger partial charge in [0, 0.05) is 30.7 Å². The van der Waals surface area contributed by atoms with E-state index in [-0.39, 0.29) is 11.6 Å². The fourth-order valence-corrected chi connectivity index (χ4v) is 4.01. The summed E-state index contributed by atoms with van der Waals surface area (Å²) < 4.78 is 53.4. The first-order valence-electron chi connectivity index (χ1n) is 9.83. The molecule has 168 valence electrons. The average Bonchev–Trinajstić information content (AvgIpc) is 2.78. The molecule has 1 aromatic heterocycles. The Morgan fingerprint density at radius 3 is 2.16 bits per heavy atom. The second kappa shape index (κ2) is 9.73. The van der Waals surface area contributed by atoms with Crippen LogP contribution in [-0.2, 0) is 10.0 Å². The minimum Gasteiger partial charge on any atom is -0.357 e. The zero-order chi connectivity index (χ0) is 23.3. The van der Waals surface area contributed by atoms with Crippen LogP contribution in [0.15, 0.2) is 65.7 Å².